The Labute approximate surface area is 152 Å². The van der Waals surface area contributed by atoms with E-state index < -0.39 is 11.4 Å². The van der Waals surface area contributed by atoms with Crippen molar-refractivity contribution in [2.24, 2.45) is 0 Å². The average molecular weight is 370 g/mol. The summed E-state index contributed by atoms with van der Waals surface area (Å²) in [6.07, 6.45) is 0.0839. The number of aryl methyl sites for hydroxylation is 1. The van der Waals surface area contributed by atoms with Gasteiger partial charge in [0.25, 0.3) is 11.5 Å². The van der Waals surface area contributed by atoms with Crippen LogP contribution >= 0.6 is 11.3 Å². The molecule has 3 rings (SSSR count). The molecule has 0 atom stereocenters. The van der Waals surface area contributed by atoms with E-state index in [4.69, 9.17) is 5.26 Å². The molecule has 3 aromatic rings. The average Bonchev–Trinajstić information content (AvgIpc) is 2.93. The third-order valence-corrected chi connectivity index (χ3v) is 4.80. The first-order chi connectivity index (χ1) is 12.4. The summed E-state index contributed by atoms with van der Waals surface area (Å²) in [5.74, 6) is -0.794. The van der Waals surface area contributed by atoms with E-state index in [1.54, 1.807) is 13.8 Å². The van der Waals surface area contributed by atoms with Crippen molar-refractivity contribution in [1.29, 1.82) is 5.26 Å². The van der Waals surface area contributed by atoms with Crippen LogP contribution in [0.2, 0.25) is 0 Å². The number of carbonyl (C=O) groups excluding carboxylic acids is 1. The Morgan fingerprint density at radius 2 is 2.19 bits per heavy atom. The Hall–Kier alpha value is -3.05. The van der Waals surface area contributed by atoms with Gasteiger partial charge in [0.05, 0.1) is 17.3 Å². The fourth-order valence-corrected chi connectivity index (χ4v) is 3.68. The van der Waals surface area contributed by atoms with Crippen LogP contribution in [0.15, 0.2) is 29.1 Å². The van der Waals surface area contributed by atoms with E-state index in [-0.39, 0.29) is 23.6 Å². The van der Waals surface area contributed by atoms with Crippen LogP contribution in [0, 0.1) is 24.1 Å². The van der Waals surface area contributed by atoms with Gasteiger partial charge in [0.15, 0.2) is 4.96 Å². The molecule has 2 aromatic heterocycles. The summed E-state index contributed by atoms with van der Waals surface area (Å²) < 4.78 is 15.3. The lowest BCUT2D eigenvalue weighted by Crippen LogP contribution is -2.28. The number of benzene rings is 1. The summed E-state index contributed by atoms with van der Waals surface area (Å²) in [4.78, 5) is 30.2. The predicted octanol–water partition coefficient (Wildman–Crippen LogP) is 2.42. The number of carbonyl (C=O) groups is 1. The van der Waals surface area contributed by atoms with Gasteiger partial charge in [0.1, 0.15) is 11.5 Å². The Morgan fingerprint density at radius 1 is 1.42 bits per heavy atom. The minimum atomic E-state index is -0.462. The van der Waals surface area contributed by atoms with Crippen LogP contribution < -0.4 is 10.9 Å². The van der Waals surface area contributed by atoms with Crippen LogP contribution in [-0.2, 0) is 6.42 Å². The van der Waals surface area contributed by atoms with Crippen LogP contribution in [-0.4, -0.2) is 21.8 Å². The number of aromatic nitrogens is 2. The third-order valence-electron chi connectivity index (χ3n) is 3.84. The second kappa shape index (κ2) is 7.06. The summed E-state index contributed by atoms with van der Waals surface area (Å²) in [6.45, 7) is 3.99. The fraction of sp³-hybridized carbons (Fsp3) is 0.222. The van der Waals surface area contributed by atoms with Gasteiger partial charge in [-0.05, 0) is 37.6 Å². The summed E-state index contributed by atoms with van der Waals surface area (Å²) in [5, 5.41) is 11.6. The Kier molecular flexibility index (Phi) is 4.82. The van der Waals surface area contributed by atoms with E-state index in [0.717, 1.165) is 0 Å². The second-order valence-electron chi connectivity index (χ2n) is 5.66. The number of hydrogen-bond acceptors (Lipinski definition) is 5. The zero-order valence-electron chi connectivity index (χ0n) is 14.2. The van der Waals surface area contributed by atoms with Crippen molar-refractivity contribution in [1.82, 2.24) is 14.7 Å². The van der Waals surface area contributed by atoms with E-state index in [2.05, 4.69) is 10.3 Å². The fourth-order valence-electron chi connectivity index (χ4n) is 2.69. The van der Waals surface area contributed by atoms with E-state index in [1.165, 1.54) is 40.0 Å². The Balaban J connectivity index is 2.07. The number of fused-ring (bicyclic) bond motifs is 1. The largest absolute Gasteiger partial charge is 0.351 e. The maximum Gasteiger partial charge on any atom is 0.269 e. The Morgan fingerprint density at radius 3 is 2.88 bits per heavy atom. The molecule has 0 spiro atoms. The number of rotatable bonds is 4. The highest BCUT2D eigenvalue weighted by Crippen LogP contribution is 2.21. The minimum absolute atomic E-state index is 0.0839. The maximum absolute atomic E-state index is 14.0. The molecule has 2 heterocycles. The van der Waals surface area contributed by atoms with Crippen molar-refractivity contribution >= 4 is 22.2 Å². The highest BCUT2D eigenvalue weighted by atomic mass is 32.1. The molecule has 8 heteroatoms. The monoisotopic (exact) mass is 370 g/mol. The number of nitriles is 1. The molecule has 132 valence electrons. The number of hydrogen-bond donors (Lipinski definition) is 1. The Bertz CT molecular complexity index is 1110. The number of amides is 1. The van der Waals surface area contributed by atoms with Gasteiger partial charge < -0.3 is 5.32 Å². The van der Waals surface area contributed by atoms with E-state index >= 15 is 0 Å². The van der Waals surface area contributed by atoms with Crippen molar-refractivity contribution in [3.05, 3.63) is 67.8 Å². The lowest BCUT2D eigenvalue weighted by atomic mass is 10.1. The summed E-state index contributed by atoms with van der Waals surface area (Å²) >= 11 is 1.23. The molecule has 1 aromatic carbocycles. The van der Waals surface area contributed by atoms with Crippen LogP contribution in [0.4, 0.5) is 4.39 Å². The molecule has 0 saturated carbocycles. The van der Waals surface area contributed by atoms with Gasteiger partial charge >= 0.3 is 0 Å². The topological polar surface area (TPSA) is 87.3 Å². The predicted molar refractivity (Wildman–Crippen MR) is 96.0 cm³/mol. The molecule has 0 bridgehead atoms. The molecule has 0 unspecified atom stereocenters. The lowest BCUT2D eigenvalue weighted by molar-refractivity contribution is 0.0949. The first kappa shape index (κ1) is 17.8. The third kappa shape index (κ3) is 3.21. The van der Waals surface area contributed by atoms with Crippen molar-refractivity contribution in [2.45, 2.75) is 20.3 Å². The van der Waals surface area contributed by atoms with E-state index in [1.807, 2.05) is 6.07 Å². The van der Waals surface area contributed by atoms with Crippen LogP contribution in [0.1, 0.15) is 39.1 Å². The summed E-state index contributed by atoms with van der Waals surface area (Å²) in [6, 6.07) is 7.31. The van der Waals surface area contributed by atoms with E-state index in [0.29, 0.717) is 27.6 Å². The van der Waals surface area contributed by atoms with Gasteiger partial charge in [-0.3, -0.25) is 9.59 Å². The van der Waals surface area contributed by atoms with Gasteiger partial charge in [-0.15, -0.1) is 11.3 Å². The number of halogens is 1. The molecule has 0 radical (unpaired) electrons. The highest BCUT2D eigenvalue weighted by Gasteiger charge is 2.19. The van der Waals surface area contributed by atoms with Crippen molar-refractivity contribution in [2.75, 3.05) is 6.54 Å². The van der Waals surface area contributed by atoms with Gasteiger partial charge in [-0.2, -0.15) is 5.26 Å². The SMILES string of the molecule is CCNC(=O)c1c(C)sc2nc(Cc3cc(C#N)ccc3F)cc(=O)n12. The van der Waals surface area contributed by atoms with Crippen LogP contribution in [0.3, 0.4) is 0 Å². The zero-order valence-corrected chi connectivity index (χ0v) is 15.0. The van der Waals surface area contributed by atoms with Gasteiger partial charge in [0, 0.05) is 23.9 Å². The van der Waals surface area contributed by atoms with E-state index in [9.17, 15) is 14.0 Å². The number of thiazole rings is 1. The lowest BCUT2D eigenvalue weighted by Gasteiger charge is -2.05. The van der Waals surface area contributed by atoms with Crippen LogP contribution in [0.5, 0.6) is 0 Å². The normalized spacial score (nSPS) is 10.7. The first-order valence-corrected chi connectivity index (χ1v) is 8.75. The molecule has 0 fully saturated rings. The molecule has 0 saturated heterocycles. The minimum Gasteiger partial charge on any atom is -0.351 e. The molecule has 0 aliphatic heterocycles. The summed E-state index contributed by atoms with van der Waals surface area (Å²) in [7, 11) is 0. The first-order valence-electron chi connectivity index (χ1n) is 7.93. The second-order valence-corrected chi connectivity index (χ2v) is 6.85. The van der Waals surface area contributed by atoms with Crippen molar-refractivity contribution < 1.29 is 9.18 Å². The molecular formula is C18H15FN4O2S. The zero-order chi connectivity index (χ0) is 18.8. The van der Waals surface area contributed by atoms with Crippen molar-refractivity contribution in [3.63, 3.8) is 0 Å². The highest BCUT2D eigenvalue weighted by molar-refractivity contribution is 7.17. The molecule has 0 aliphatic rings. The summed E-state index contributed by atoms with van der Waals surface area (Å²) in [5.41, 5.74) is 0.885. The molecular weight excluding hydrogens is 355 g/mol. The molecule has 1 N–H and O–H groups in total. The van der Waals surface area contributed by atoms with Gasteiger partial charge in [-0.1, -0.05) is 0 Å². The quantitative estimate of drug-likeness (QED) is 0.764. The molecule has 26 heavy (non-hydrogen) atoms. The van der Waals surface area contributed by atoms with Gasteiger partial charge in [0.2, 0.25) is 0 Å². The maximum atomic E-state index is 14.0. The van der Waals surface area contributed by atoms with Crippen molar-refractivity contribution in [3.8, 4) is 6.07 Å². The molecule has 0 aliphatic carbocycles. The van der Waals surface area contributed by atoms with Crippen LogP contribution in [0.25, 0.3) is 4.96 Å². The number of nitrogens with one attached hydrogen (secondary N) is 1. The number of nitrogens with zero attached hydrogens (tertiary/aromatic N) is 3. The molecule has 6 nitrogen and oxygen atoms in total. The van der Waals surface area contributed by atoms with Gasteiger partial charge in [-0.25, -0.2) is 13.8 Å². The standard InChI is InChI=1S/C18H15FN4O2S/c1-3-21-17(25)16-10(2)26-18-22-13(8-15(24)23(16)18)7-12-6-11(9-20)4-5-14(12)19/h4-6,8H,3,7H2,1-2H3,(H,21,25). The molecule has 1 amide bonds. The smallest absolute Gasteiger partial charge is 0.269 e.